The minimum absolute atomic E-state index is 0.107. The Morgan fingerprint density at radius 1 is 1.38 bits per heavy atom. The fourth-order valence-corrected chi connectivity index (χ4v) is 3.52. The zero-order valence-electron chi connectivity index (χ0n) is 14.4. The summed E-state index contributed by atoms with van der Waals surface area (Å²) < 4.78 is 6.20. The number of nitrogens with zero attached hydrogens (tertiary/aromatic N) is 3. The fraction of sp³-hybridized carbons (Fsp3) is 0.278. The normalized spacial score (nSPS) is 16.5. The number of hydrogen-bond acceptors (Lipinski definition) is 5. The molecule has 0 bridgehead atoms. The lowest BCUT2D eigenvalue weighted by atomic mass is 10.0. The number of halogens is 1. The highest BCUT2D eigenvalue weighted by molar-refractivity contribution is 8.23. The summed E-state index contributed by atoms with van der Waals surface area (Å²) in [5.41, 5.74) is 1.77. The summed E-state index contributed by atoms with van der Waals surface area (Å²) in [5.74, 6) is 0.835. The van der Waals surface area contributed by atoms with Crippen LogP contribution >= 0.6 is 35.6 Å². The van der Waals surface area contributed by atoms with E-state index in [4.69, 9.17) is 28.2 Å². The molecule has 0 radical (unpaired) electrons. The van der Waals surface area contributed by atoms with Crippen molar-refractivity contribution in [2.75, 3.05) is 19.8 Å². The van der Waals surface area contributed by atoms with Gasteiger partial charge in [-0.1, -0.05) is 47.7 Å². The molecule has 136 valence electrons. The van der Waals surface area contributed by atoms with E-state index < -0.39 is 0 Å². The zero-order chi connectivity index (χ0) is 18.7. The van der Waals surface area contributed by atoms with Crippen LogP contribution in [0, 0.1) is 0 Å². The summed E-state index contributed by atoms with van der Waals surface area (Å²) in [6.07, 6.45) is 2.19. The maximum atomic E-state index is 12.8. The van der Waals surface area contributed by atoms with Gasteiger partial charge in [-0.15, -0.1) is 0 Å². The van der Waals surface area contributed by atoms with Crippen LogP contribution in [0.4, 0.5) is 0 Å². The van der Waals surface area contributed by atoms with E-state index in [1.165, 1.54) is 16.8 Å². The lowest BCUT2D eigenvalue weighted by Gasteiger charge is -2.20. The van der Waals surface area contributed by atoms with Gasteiger partial charge in [0.15, 0.2) is 0 Å². The molecule has 1 atom stereocenters. The van der Waals surface area contributed by atoms with Crippen LogP contribution < -0.4 is 0 Å². The molecule has 8 heteroatoms. The number of thioether (sulfide) groups is 1. The van der Waals surface area contributed by atoms with Crippen LogP contribution in [-0.4, -0.2) is 45.7 Å². The Kier molecular flexibility index (Phi) is 6.01. The second-order valence-corrected chi connectivity index (χ2v) is 8.02. The molecule has 2 aromatic rings. The first-order chi connectivity index (χ1) is 12.5. The Bertz CT molecular complexity index is 819. The van der Waals surface area contributed by atoms with Crippen molar-refractivity contribution in [3.63, 3.8) is 0 Å². The Labute approximate surface area is 167 Å². The van der Waals surface area contributed by atoms with Crippen molar-refractivity contribution < 1.29 is 9.21 Å². The number of rotatable bonds is 4. The van der Waals surface area contributed by atoms with Crippen molar-refractivity contribution in [2.24, 2.45) is 5.10 Å². The Balaban J connectivity index is 1.81. The molecule has 3 rings (SSSR count). The number of hydrogen-bond donors (Lipinski definition) is 0. The summed E-state index contributed by atoms with van der Waals surface area (Å²) in [6, 6.07) is 10.9. The molecule has 2 heterocycles. The maximum Gasteiger partial charge on any atom is 0.253 e. The standard InChI is InChI=1S/C18H18ClN3O2S2/c1-21(2)18(25)26-11-17(23)22-15(16-4-3-9-24-16)10-14(20-22)12-5-7-13(19)8-6-12/h3-9,15H,10-11H2,1-2H3/t15-/m1/s1. The van der Waals surface area contributed by atoms with Crippen LogP contribution in [0.3, 0.4) is 0 Å². The molecule has 1 aromatic carbocycles. The monoisotopic (exact) mass is 407 g/mol. The van der Waals surface area contributed by atoms with Gasteiger partial charge in [-0.25, -0.2) is 5.01 Å². The third kappa shape index (κ3) is 4.28. The van der Waals surface area contributed by atoms with Crippen LogP contribution in [0.25, 0.3) is 0 Å². The third-order valence-electron chi connectivity index (χ3n) is 3.90. The van der Waals surface area contributed by atoms with Crippen LogP contribution in [0.15, 0.2) is 52.2 Å². The van der Waals surface area contributed by atoms with Crippen LogP contribution in [-0.2, 0) is 4.79 Å². The molecule has 26 heavy (non-hydrogen) atoms. The lowest BCUT2D eigenvalue weighted by molar-refractivity contribution is -0.130. The predicted molar refractivity (Wildman–Crippen MR) is 110 cm³/mol. The Morgan fingerprint density at radius 3 is 2.73 bits per heavy atom. The van der Waals surface area contributed by atoms with Gasteiger partial charge in [0.1, 0.15) is 16.1 Å². The Hall–Kier alpha value is -1.83. The fourth-order valence-electron chi connectivity index (χ4n) is 2.58. The van der Waals surface area contributed by atoms with E-state index in [0.717, 1.165) is 11.3 Å². The minimum Gasteiger partial charge on any atom is -0.467 e. The van der Waals surface area contributed by atoms with Crippen molar-refractivity contribution in [2.45, 2.75) is 12.5 Å². The average molecular weight is 408 g/mol. The molecule has 5 nitrogen and oxygen atoms in total. The highest BCUT2D eigenvalue weighted by Crippen LogP contribution is 2.33. The lowest BCUT2D eigenvalue weighted by Crippen LogP contribution is -2.29. The number of carbonyl (C=O) groups excluding carboxylic acids is 1. The van der Waals surface area contributed by atoms with E-state index in [2.05, 4.69) is 5.10 Å². The molecule has 1 aromatic heterocycles. The number of hydrazone groups is 1. The molecule has 0 N–H and O–H groups in total. The third-order valence-corrected chi connectivity index (χ3v) is 5.87. The number of benzene rings is 1. The predicted octanol–water partition coefficient (Wildman–Crippen LogP) is 4.19. The molecule has 1 aliphatic heterocycles. The highest BCUT2D eigenvalue weighted by Gasteiger charge is 2.34. The molecular formula is C18H18ClN3O2S2. The van der Waals surface area contributed by atoms with E-state index >= 15 is 0 Å². The van der Waals surface area contributed by atoms with Gasteiger partial charge in [-0.3, -0.25) is 4.79 Å². The van der Waals surface area contributed by atoms with Gasteiger partial charge >= 0.3 is 0 Å². The number of amides is 1. The van der Waals surface area contributed by atoms with Crippen molar-refractivity contribution in [3.8, 4) is 0 Å². The zero-order valence-corrected chi connectivity index (χ0v) is 16.8. The molecule has 0 fully saturated rings. The second kappa shape index (κ2) is 8.24. The number of furan rings is 1. The van der Waals surface area contributed by atoms with Gasteiger partial charge in [0, 0.05) is 25.5 Å². The van der Waals surface area contributed by atoms with Crippen molar-refractivity contribution >= 4 is 51.5 Å². The quantitative estimate of drug-likeness (QED) is 0.711. The topological polar surface area (TPSA) is 49.1 Å². The highest BCUT2D eigenvalue weighted by atomic mass is 35.5. The summed E-state index contributed by atoms with van der Waals surface area (Å²) in [4.78, 5) is 14.6. The maximum absolute atomic E-state index is 12.8. The van der Waals surface area contributed by atoms with E-state index in [0.29, 0.717) is 21.5 Å². The first kappa shape index (κ1) is 18.9. The summed E-state index contributed by atoms with van der Waals surface area (Å²) in [6.45, 7) is 0. The van der Waals surface area contributed by atoms with Crippen molar-refractivity contribution in [3.05, 3.63) is 59.0 Å². The van der Waals surface area contributed by atoms with E-state index in [-0.39, 0.29) is 17.7 Å². The average Bonchev–Trinajstić information content (AvgIpc) is 3.29. The largest absolute Gasteiger partial charge is 0.467 e. The van der Waals surface area contributed by atoms with Crippen LogP contribution in [0.2, 0.25) is 5.02 Å². The smallest absolute Gasteiger partial charge is 0.253 e. The van der Waals surface area contributed by atoms with Crippen LogP contribution in [0.5, 0.6) is 0 Å². The van der Waals surface area contributed by atoms with Gasteiger partial charge in [-0.2, -0.15) is 5.10 Å². The van der Waals surface area contributed by atoms with E-state index in [1.807, 2.05) is 55.4 Å². The number of carbonyl (C=O) groups is 1. The molecule has 0 unspecified atom stereocenters. The van der Waals surface area contributed by atoms with Gasteiger partial charge < -0.3 is 9.32 Å². The van der Waals surface area contributed by atoms with Crippen molar-refractivity contribution in [1.29, 1.82) is 0 Å². The molecule has 1 aliphatic rings. The molecular weight excluding hydrogens is 390 g/mol. The molecule has 0 saturated heterocycles. The van der Waals surface area contributed by atoms with Gasteiger partial charge in [-0.05, 0) is 29.8 Å². The summed E-state index contributed by atoms with van der Waals surface area (Å²) >= 11 is 12.5. The molecule has 0 spiro atoms. The molecule has 0 saturated carbocycles. The van der Waals surface area contributed by atoms with E-state index in [1.54, 1.807) is 6.26 Å². The Morgan fingerprint density at radius 2 is 2.12 bits per heavy atom. The molecule has 1 amide bonds. The minimum atomic E-state index is -0.253. The first-order valence-corrected chi connectivity index (χ1v) is 9.76. The summed E-state index contributed by atoms with van der Waals surface area (Å²) in [7, 11) is 3.72. The summed E-state index contributed by atoms with van der Waals surface area (Å²) in [5, 5.41) is 6.75. The first-order valence-electron chi connectivity index (χ1n) is 7.98. The van der Waals surface area contributed by atoms with Gasteiger partial charge in [0.05, 0.1) is 17.7 Å². The van der Waals surface area contributed by atoms with Gasteiger partial charge in [0.25, 0.3) is 5.91 Å². The molecule has 0 aliphatic carbocycles. The number of thiocarbonyl (C=S) groups is 1. The van der Waals surface area contributed by atoms with E-state index in [9.17, 15) is 4.79 Å². The SMILES string of the molecule is CN(C)C(=S)SCC(=O)N1N=C(c2ccc(Cl)cc2)C[C@@H]1c1ccco1. The van der Waals surface area contributed by atoms with Gasteiger partial charge in [0.2, 0.25) is 0 Å². The van der Waals surface area contributed by atoms with Crippen LogP contribution in [0.1, 0.15) is 23.8 Å². The van der Waals surface area contributed by atoms with Crippen molar-refractivity contribution in [1.82, 2.24) is 9.91 Å². The second-order valence-electron chi connectivity index (χ2n) is 5.98.